The van der Waals surface area contributed by atoms with E-state index >= 15 is 0 Å². The lowest BCUT2D eigenvalue weighted by Crippen LogP contribution is -2.37. The van der Waals surface area contributed by atoms with E-state index in [9.17, 15) is 0 Å². The molecule has 0 saturated carbocycles. The summed E-state index contributed by atoms with van der Waals surface area (Å²) in [5, 5.41) is 3.63. The Balaban J connectivity index is 2.59. The van der Waals surface area contributed by atoms with Gasteiger partial charge in [-0.05, 0) is 66.2 Å². The molecule has 1 rings (SSSR count). The number of halogens is 1. The SMILES string of the molecule is CCCNC(C)C(Cc1ccc(Br)s1)C(C)C. The molecule has 2 unspecified atom stereocenters. The molecule has 3 heteroatoms. The summed E-state index contributed by atoms with van der Waals surface area (Å²) in [5.74, 6) is 1.43. The van der Waals surface area contributed by atoms with E-state index < -0.39 is 0 Å². The number of rotatable bonds is 7. The molecule has 1 aromatic heterocycles. The van der Waals surface area contributed by atoms with Crippen molar-refractivity contribution in [2.24, 2.45) is 11.8 Å². The fourth-order valence-electron chi connectivity index (χ4n) is 2.21. The van der Waals surface area contributed by atoms with Gasteiger partial charge in [0.1, 0.15) is 0 Å². The molecule has 0 bridgehead atoms. The molecule has 1 N–H and O–H groups in total. The largest absolute Gasteiger partial charge is 0.314 e. The summed E-state index contributed by atoms with van der Waals surface area (Å²) in [6.45, 7) is 10.3. The van der Waals surface area contributed by atoms with Crippen molar-refractivity contribution in [3.05, 3.63) is 20.8 Å². The van der Waals surface area contributed by atoms with E-state index in [1.165, 1.54) is 21.5 Å². The second-order valence-corrected chi connectivity index (χ2v) is 7.61. The molecule has 0 amide bonds. The molecule has 0 aliphatic carbocycles. The summed E-state index contributed by atoms with van der Waals surface area (Å²) in [7, 11) is 0. The summed E-state index contributed by atoms with van der Waals surface area (Å²) < 4.78 is 1.24. The van der Waals surface area contributed by atoms with E-state index in [2.05, 4.69) is 61.1 Å². The molecule has 17 heavy (non-hydrogen) atoms. The summed E-state index contributed by atoms with van der Waals surface area (Å²) in [5.41, 5.74) is 0. The lowest BCUT2D eigenvalue weighted by Gasteiger charge is -2.28. The van der Waals surface area contributed by atoms with Gasteiger partial charge in [-0.2, -0.15) is 0 Å². The summed E-state index contributed by atoms with van der Waals surface area (Å²) in [6.07, 6.45) is 2.39. The van der Waals surface area contributed by atoms with Crippen LogP contribution in [0.15, 0.2) is 15.9 Å². The number of hydrogen-bond acceptors (Lipinski definition) is 2. The predicted octanol–water partition coefficient (Wildman–Crippen LogP) is 4.71. The summed E-state index contributed by atoms with van der Waals surface area (Å²) >= 11 is 5.40. The molecule has 0 saturated heterocycles. The van der Waals surface area contributed by atoms with Crippen LogP contribution in [-0.4, -0.2) is 12.6 Å². The monoisotopic (exact) mass is 317 g/mol. The van der Waals surface area contributed by atoms with Gasteiger partial charge < -0.3 is 5.32 Å². The first-order valence-electron chi connectivity index (χ1n) is 6.52. The molecular weight excluding hydrogens is 294 g/mol. The van der Waals surface area contributed by atoms with Crippen molar-refractivity contribution in [2.75, 3.05) is 6.54 Å². The van der Waals surface area contributed by atoms with E-state index in [0.717, 1.165) is 12.5 Å². The van der Waals surface area contributed by atoms with Crippen molar-refractivity contribution in [2.45, 2.75) is 46.6 Å². The molecule has 0 aromatic carbocycles. The molecule has 1 nitrogen and oxygen atoms in total. The molecule has 0 radical (unpaired) electrons. The molecule has 1 heterocycles. The first-order chi connectivity index (χ1) is 8.04. The molecule has 98 valence electrons. The lowest BCUT2D eigenvalue weighted by molar-refractivity contribution is 0.290. The maximum absolute atomic E-state index is 3.63. The van der Waals surface area contributed by atoms with Crippen LogP contribution in [0.5, 0.6) is 0 Å². The van der Waals surface area contributed by atoms with Gasteiger partial charge in [0, 0.05) is 10.9 Å². The normalized spacial score (nSPS) is 15.2. The highest BCUT2D eigenvalue weighted by Gasteiger charge is 2.21. The minimum absolute atomic E-state index is 0.593. The highest BCUT2D eigenvalue weighted by molar-refractivity contribution is 9.11. The molecule has 0 fully saturated rings. The third-order valence-corrected chi connectivity index (χ3v) is 4.93. The van der Waals surface area contributed by atoms with Gasteiger partial charge in [0.05, 0.1) is 3.79 Å². The van der Waals surface area contributed by atoms with E-state index in [4.69, 9.17) is 0 Å². The molecule has 0 aliphatic rings. The van der Waals surface area contributed by atoms with Crippen molar-refractivity contribution >= 4 is 27.3 Å². The fraction of sp³-hybridized carbons (Fsp3) is 0.714. The van der Waals surface area contributed by atoms with Gasteiger partial charge in [0.2, 0.25) is 0 Å². The Kier molecular flexibility index (Phi) is 6.75. The van der Waals surface area contributed by atoms with Gasteiger partial charge >= 0.3 is 0 Å². The Morgan fingerprint density at radius 3 is 2.47 bits per heavy atom. The Labute approximate surface area is 118 Å². The lowest BCUT2D eigenvalue weighted by atomic mass is 9.86. The van der Waals surface area contributed by atoms with Crippen LogP contribution in [0.4, 0.5) is 0 Å². The van der Waals surface area contributed by atoms with Gasteiger partial charge in [-0.1, -0.05) is 20.8 Å². The average Bonchev–Trinajstić information content (AvgIpc) is 2.68. The number of thiophene rings is 1. The second-order valence-electron chi connectivity index (χ2n) is 5.06. The van der Waals surface area contributed by atoms with Gasteiger partial charge in [-0.25, -0.2) is 0 Å². The Morgan fingerprint density at radius 2 is 2.00 bits per heavy atom. The van der Waals surface area contributed by atoms with Crippen LogP contribution in [0.1, 0.15) is 39.0 Å². The predicted molar refractivity (Wildman–Crippen MR) is 81.8 cm³/mol. The maximum atomic E-state index is 3.63. The van der Waals surface area contributed by atoms with Crippen LogP contribution in [0.3, 0.4) is 0 Å². The first-order valence-corrected chi connectivity index (χ1v) is 8.13. The number of nitrogens with one attached hydrogen (secondary N) is 1. The average molecular weight is 318 g/mol. The zero-order chi connectivity index (χ0) is 12.8. The highest BCUT2D eigenvalue weighted by atomic mass is 79.9. The Hall–Kier alpha value is 0.140. The van der Waals surface area contributed by atoms with Gasteiger partial charge in [0.15, 0.2) is 0 Å². The van der Waals surface area contributed by atoms with E-state index in [1.54, 1.807) is 0 Å². The van der Waals surface area contributed by atoms with Crippen molar-refractivity contribution in [1.82, 2.24) is 5.32 Å². The van der Waals surface area contributed by atoms with E-state index in [-0.39, 0.29) is 0 Å². The number of hydrogen-bond donors (Lipinski definition) is 1. The van der Waals surface area contributed by atoms with Crippen LogP contribution < -0.4 is 5.32 Å². The smallest absolute Gasteiger partial charge is 0.0701 e. The summed E-state index contributed by atoms with van der Waals surface area (Å²) in [6, 6.07) is 4.99. The van der Waals surface area contributed by atoms with Gasteiger partial charge in [-0.3, -0.25) is 0 Å². The van der Waals surface area contributed by atoms with Crippen molar-refractivity contribution in [3.8, 4) is 0 Å². The summed E-state index contributed by atoms with van der Waals surface area (Å²) in [4.78, 5) is 1.49. The van der Waals surface area contributed by atoms with Gasteiger partial charge in [0.25, 0.3) is 0 Å². The zero-order valence-electron chi connectivity index (χ0n) is 11.3. The topological polar surface area (TPSA) is 12.0 Å². The Morgan fingerprint density at radius 1 is 1.29 bits per heavy atom. The first kappa shape index (κ1) is 15.2. The standard InChI is InChI=1S/C14H24BrNS/c1-5-8-16-11(4)13(10(2)3)9-12-6-7-14(15)17-12/h6-7,10-11,13,16H,5,8-9H2,1-4H3. The Bertz CT molecular complexity index is 322. The molecule has 2 atom stereocenters. The highest BCUT2D eigenvalue weighted by Crippen LogP contribution is 2.28. The third-order valence-electron chi connectivity index (χ3n) is 3.28. The van der Waals surface area contributed by atoms with E-state index in [1.807, 2.05) is 11.3 Å². The second kappa shape index (κ2) is 7.55. The fourth-order valence-corrected chi connectivity index (χ4v) is 3.76. The van der Waals surface area contributed by atoms with Crippen LogP contribution >= 0.6 is 27.3 Å². The van der Waals surface area contributed by atoms with Crippen molar-refractivity contribution < 1.29 is 0 Å². The zero-order valence-corrected chi connectivity index (χ0v) is 13.7. The maximum Gasteiger partial charge on any atom is 0.0701 e. The minimum Gasteiger partial charge on any atom is -0.314 e. The van der Waals surface area contributed by atoms with Gasteiger partial charge in [-0.15, -0.1) is 11.3 Å². The van der Waals surface area contributed by atoms with Crippen LogP contribution in [-0.2, 0) is 6.42 Å². The molecule has 0 spiro atoms. The molecule has 0 aliphatic heterocycles. The quantitative estimate of drug-likeness (QED) is 0.767. The minimum atomic E-state index is 0.593. The van der Waals surface area contributed by atoms with Crippen molar-refractivity contribution in [1.29, 1.82) is 0 Å². The van der Waals surface area contributed by atoms with Crippen molar-refractivity contribution in [3.63, 3.8) is 0 Å². The molecule has 1 aromatic rings. The van der Waals surface area contributed by atoms with E-state index in [0.29, 0.717) is 12.0 Å². The van der Waals surface area contributed by atoms with Crippen LogP contribution in [0.2, 0.25) is 0 Å². The molecular formula is C14H24BrNS. The van der Waals surface area contributed by atoms with Crippen LogP contribution in [0, 0.1) is 11.8 Å². The third kappa shape index (κ3) is 5.11. The van der Waals surface area contributed by atoms with Crippen LogP contribution in [0.25, 0.3) is 0 Å².